The summed E-state index contributed by atoms with van der Waals surface area (Å²) in [4.78, 5) is 0.112. The van der Waals surface area contributed by atoms with E-state index in [1.165, 1.54) is 12.1 Å². The van der Waals surface area contributed by atoms with Crippen molar-refractivity contribution in [2.45, 2.75) is 4.90 Å². The Bertz CT molecular complexity index is 1150. The molecule has 0 radical (unpaired) electrons. The van der Waals surface area contributed by atoms with Crippen LogP contribution in [0.5, 0.6) is 5.75 Å². The highest BCUT2D eigenvalue weighted by molar-refractivity contribution is 7.92. The Morgan fingerprint density at radius 1 is 0.900 bits per heavy atom. The third kappa shape index (κ3) is 5.54. The van der Waals surface area contributed by atoms with E-state index in [1.807, 2.05) is 0 Å². The summed E-state index contributed by atoms with van der Waals surface area (Å²) in [6, 6.07) is 17.9. The van der Waals surface area contributed by atoms with Crippen LogP contribution in [0.2, 0.25) is 10.0 Å². The number of nitrogens with one attached hydrogen (secondary N) is 3. The zero-order valence-electron chi connectivity index (χ0n) is 15.6. The molecule has 0 aliphatic rings. The van der Waals surface area contributed by atoms with Crippen LogP contribution in [0, 0.1) is 0 Å². The molecule has 6 nitrogen and oxygen atoms in total. The van der Waals surface area contributed by atoms with Crippen molar-refractivity contribution in [1.82, 2.24) is 0 Å². The molecule has 156 valence electrons. The largest absolute Gasteiger partial charge is 0.497 e. The summed E-state index contributed by atoms with van der Waals surface area (Å²) in [5, 5.41) is 6.96. The first-order valence-electron chi connectivity index (χ1n) is 8.57. The van der Waals surface area contributed by atoms with Gasteiger partial charge in [0.25, 0.3) is 10.0 Å². The average molecular weight is 482 g/mol. The Labute approximate surface area is 190 Å². The lowest BCUT2D eigenvalue weighted by molar-refractivity contribution is 0.415. The van der Waals surface area contributed by atoms with E-state index in [-0.39, 0.29) is 10.0 Å². The fraction of sp³-hybridized carbons (Fsp3) is 0.0500. The van der Waals surface area contributed by atoms with E-state index in [0.29, 0.717) is 32.9 Å². The van der Waals surface area contributed by atoms with Crippen LogP contribution in [0.1, 0.15) is 0 Å². The Morgan fingerprint density at radius 3 is 2.17 bits per heavy atom. The van der Waals surface area contributed by atoms with E-state index < -0.39 is 10.0 Å². The Morgan fingerprint density at radius 2 is 1.53 bits per heavy atom. The van der Waals surface area contributed by atoms with Crippen LogP contribution in [0.15, 0.2) is 71.6 Å². The molecule has 0 spiro atoms. The van der Waals surface area contributed by atoms with Gasteiger partial charge in [-0.15, -0.1) is 0 Å². The second kappa shape index (κ2) is 9.53. The van der Waals surface area contributed by atoms with Crippen molar-refractivity contribution in [3.8, 4) is 5.75 Å². The molecule has 3 aromatic rings. The van der Waals surface area contributed by atoms with Crippen LogP contribution in [0.4, 0.5) is 17.1 Å². The highest BCUT2D eigenvalue weighted by Gasteiger charge is 2.14. The summed E-state index contributed by atoms with van der Waals surface area (Å²) < 4.78 is 32.7. The maximum absolute atomic E-state index is 12.6. The smallest absolute Gasteiger partial charge is 0.261 e. The lowest BCUT2D eigenvalue weighted by Gasteiger charge is -2.13. The molecule has 30 heavy (non-hydrogen) atoms. The monoisotopic (exact) mass is 481 g/mol. The second-order valence-electron chi connectivity index (χ2n) is 6.04. The minimum absolute atomic E-state index is 0.112. The van der Waals surface area contributed by atoms with Crippen molar-refractivity contribution in [3.05, 3.63) is 76.8 Å². The molecule has 10 heteroatoms. The number of sulfonamides is 1. The van der Waals surface area contributed by atoms with Gasteiger partial charge in [0.1, 0.15) is 5.75 Å². The summed E-state index contributed by atoms with van der Waals surface area (Å²) in [5.74, 6) is 0.636. The van der Waals surface area contributed by atoms with Gasteiger partial charge in [0, 0.05) is 11.4 Å². The quantitative estimate of drug-likeness (QED) is 0.397. The highest BCUT2D eigenvalue weighted by Crippen LogP contribution is 2.29. The summed E-state index contributed by atoms with van der Waals surface area (Å²) in [5.41, 5.74) is 1.60. The zero-order chi connectivity index (χ0) is 21.7. The molecule has 0 saturated carbocycles. The number of hydrogen-bond donors (Lipinski definition) is 3. The molecular formula is C20H17Cl2N3O3S2. The van der Waals surface area contributed by atoms with Gasteiger partial charge in [-0.05, 0) is 72.9 Å². The first-order chi connectivity index (χ1) is 14.3. The average Bonchev–Trinajstić information content (AvgIpc) is 2.72. The fourth-order valence-corrected chi connectivity index (χ4v) is 4.11. The van der Waals surface area contributed by atoms with E-state index in [9.17, 15) is 8.42 Å². The van der Waals surface area contributed by atoms with Crippen molar-refractivity contribution < 1.29 is 13.2 Å². The minimum Gasteiger partial charge on any atom is -0.497 e. The van der Waals surface area contributed by atoms with Crippen molar-refractivity contribution in [2.75, 3.05) is 22.5 Å². The molecule has 0 heterocycles. The van der Waals surface area contributed by atoms with Crippen molar-refractivity contribution in [1.29, 1.82) is 0 Å². The van der Waals surface area contributed by atoms with Crippen LogP contribution >= 0.6 is 35.4 Å². The zero-order valence-corrected chi connectivity index (χ0v) is 18.8. The molecule has 0 aliphatic carbocycles. The van der Waals surface area contributed by atoms with Gasteiger partial charge < -0.3 is 15.4 Å². The maximum Gasteiger partial charge on any atom is 0.261 e. The van der Waals surface area contributed by atoms with Crippen LogP contribution in [0.3, 0.4) is 0 Å². The highest BCUT2D eigenvalue weighted by atomic mass is 35.5. The maximum atomic E-state index is 12.6. The molecule has 0 saturated heterocycles. The Balaban J connectivity index is 1.66. The first-order valence-corrected chi connectivity index (χ1v) is 11.2. The van der Waals surface area contributed by atoms with Gasteiger partial charge in [-0.3, -0.25) is 4.72 Å². The third-order valence-corrected chi connectivity index (χ3v) is 6.38. The van der Waals surface area contributed by atoms with E-state index in [0.717, 1.165) is 0 Å². The van der Waals surface area contributed by atoms with Crippen LogP contribution in [-0.4, -0.2) is 20.6 Å². The van der Waals surface area contributed by atoms with E-state index in [2.05, 4.69) is 15.4 Å². The first kappa shape index (κ1) is 22.2. The normalized spacial score (nSPS) is 10.9. The van der Waals surface area contributed by atoms with Gasteiger partial charge in [-0.1, -0.05) is 29.3 Å². The number of rotatable bonds is 6. The van der Waals surface area contributed by atoms with E-state index in [1.54, 1.807) is 61.7 Å². The van der Waals surface area contributed by atoms with E-state index >= 15 is 0 Å². The standard InChI is InChI=1S/C20H17Cl2N3O3S2/c1-28-15-9-5-14(6-10-15)25-30(26,27)16-11-7-13(8-12-16)23-20(29)24-18-4-2-3-17(21)19(18)22/h2-12,25H,1H3,(H2,23,24,29). The summed E-state index contributed by atoms with van der Waals surface area (Å²) >= 11 is 17.4. The molecule has 3 rings (SSSR count). The SMILES string of the molecule is COc1ccc(NS(=O)(=O)c2ccc(NC(=S)Nc3cccc(Cl)c3Cl)cc2)cc1. The van der Waals surface area contributed by atoms with Gasteiger partial charge in [0.2, 0.25) is 0 Å². The molecule has 0 amide bonds. The van der Waals surface area contributed by atoms with Crippen molar-refractivity contribution >= 4 is 67.6 Å². The molecule has 0 fully saturated rings. The minimum atomic E-state index is -3.74. The fourth-order valence-electron chi connectivity index (χ4n) is 2.48. The predicted molar refractivity (Wildman–Crippen MR) is 127 cm³/mol. The van der Waals surface area contributed by atoms with Gasteiger partial charge in [0.15, 0.2) is 5.11 Å². The van der Waals surface area contributed by atoms with Gasteiger partial charge >= 0.3 is 0 Å². The van der Waals surface area contributed by atoms with Crippen LogP contribution < -0.4 is 20.1 Å². The molecule has 0 bridgehead atoms. The number of anilines is 3. The lowest BCUT2D eigenvalue weighted by atomic mass is 10.3. The molecule has 0 unspecified atom stereocenters. The number of benzene rings is 3. The number of ether oxygens (including phenoxy) is 1. The number of thiocarbonyl (C=S) groups is 1. The van der Waals surface area contributed by atoms with Gasteiger partial charge in [-0.2, -0.15) is 0 Å². The van der Waals surface area contributed by atoms with Crippen LogP contribution in [-0.2, 0) is 10.0 Å². The second-order valence-corrected chi connectivity index (χ2v) is 8.91. The topological polar surface area (TPSA) is 79.5 Å². The third-order valence-electron chi connectivity index (χ3n) is 3.96. The molecule has 0 aromatic heterocycles. The molecule has 0 aliphatic heterocycles. The lowest BCUT2D eigenvalue weighted by Crippen LogP contribution is -2.19. The number of hydrogen-bond acceptors (Lipinski definition) is 4. The van der Waals surface area contributed by atoms with Gasteiger partial charge in [-0.25, -0.2) is 8.42 Å². The van der Waals surface area contributed by atoms with E-state index in [4.69, 9.17) is 40.2 Å². The predicted octanol–water partition coefficient (Wildman–Crippen LogP) is 5.61. The molecular weight excluding hydrogens is 465 g/mol. The molecule has 0 atom stereocenters. The molecule has 3 N–H and O–H groups in total. The number of halogens is 2. The Kier molecular flexibility index (Phi) is 7.04. The Hall–Kier alpha value is -2.52. The summed E-state index contributed by atoms with van der Waals surface area (Å²) in [6.45, 7) is 0. The number of methoxy groups -OCH3 is 1. The summed E-state index contributed by atoms with van der Waals surface area (Å²) in [6.07, 6.45) is 0. The van der Waals surface area contributed by atoms with Crippen molar-refractivity contribution in [3.63, 3.8) is 0 Å². The van der Waals surface area contributed by atoms with Gasteiger partial charge in [0.05, 0.1) is 27.7 Å². The summed E-state index contributed by atoms with van der Waals surface area (Å²) in [7, 11) is -2.20. The van der Waals surface area contributed by atoms with Crippen LogP contribution in [0.25, 0.3) is 0 Å². The van der Waals surface area contributed by atoms with Crippen molar-refractivity contribution in [2.24, 2.45) is 0 Å². The molecule has 3 aromatic carbocycles.